The second-order valence-corrected chi connectivity index (χ2v) is 8.22. The second kappa shape index (κ2) is 7.04. The molecule has 130 valence electrons. The number of nitrogens with zero attached hydrogens (tertiary/aromatic N) is 3. The summed E-state index contributed by atoms with van der Waals surface area (Å²) in [6, 6.07) is 1.87. The van der Waals surface area contributed by atoms with Gasteiger partial charge in [0.25, 0.3) is 5.91 Å². The van der Waals surface area contributed by atoms with Gasteiger partial charge >= 0.3 is 0 Å². The molecule has 1 aliphatic rings. The first-order valence-electron chi connectivity index (χ1n) is 8.74. The number of amides is 1. The van der Waals surface area contributed by atoms with Crippen molar-refractivity contribution in [3.05, 3.63) is 17.5 Å². The number of aromatic nitrogens is 2. The molecule has 1 aromatic rings. The zero-order valence-corrected chi connectivity index (χ0v) is 15.5. The number of rotatable bonds is 4. The van der Waals surface area contributed by atoms with E-state index >= 15 is 0 Å². The summed E-state index contributed by atoms with van der Waals surface area (Å²) in [5.41, 5.74) is 1.42. The van der Waals surface area contributed by atoms with E-state index in [1.807, 2.05) is 17.7 Å². The Bertz CT molecular complexity index is 534. The van der Waals surface area contributed by atoms with Crippen LogP contribution in [0, 0.1) is 18.8 Å². The highest BCUT2D eigenvalue weighted by molar-refractivity contribution is 5.92. The Morgan fingerprint density at radius 1 is 1.30 bits per heavy atom. The normalized spacial score (nSPS) is 23.0. The van der Waals surface area contributed by atoms with E-state index in [1.54, 1.807) is 0 Å². The molecule has 1 saturated heterocycles. The van der Waals surface area contributed by atoms with Crippen LogP contribution in [0.3, 0.4) is 0 Å². The minimum absolute atomic E-state index is 0.0748. The molecule has 1 aromatic heterocycles. The lowest BCUT2D eigenvalue weighted by atomic mass is 9.92. The molecule has 0 aromatic carbocycles. The molecule has 0 spiro atoms. The molecule has 2 heterocycles. The molecule has 0 radical (unpaired) electrons. The van der Waals surface area contributed by atoms with Crippen LogP contribution in [0.1, 0.15) is 57.2 Å². The third-order valence-corrected chi connectivity index (χ3v) is 4.41. The maximum atomic E-state index is 12.3. The van der Waals surface area contributed by atoms with Gasteiger partial charge < -0.3 is 10.2 Å². The Hall–Kier alpha value is -1.36. The average molecular weight is 320 g/mol. The lowest BCUT2D eigenvalue weighted by Crippen LogP contribution is -2.43. The molecule has 5 heteroatoms. The molecule has 1 N–H and O–H groups in total. The highest BCUT2D eigenvalue weighted by Gasteiger charge is 2.22. The van der Waals surface area contributed by atoms with Crippen molar-refractivity contribution < 1.29 is 4.79 Å². The predicted molar refractivity (Wildman–Crippen MR) is 93.7 cm³/mol. The van der Waals surface area contributed by atoms with Crippen LogP contribution in [-0.2, 0) is 5.54 Å². The summed E-state index contributed by atoms with van der Waals surface area (Å²) in [6.07, 6.45) is 1.31. The van der Waals surface area contributed by atoms with E-state index in [2.05, 4.69) is 49.9 Å². The maximum absolute atomic E-state index is 12.3. The molecule has 2 rings (SSSR count). The van der Waals surface area contributed by atoms with Gasteiger partial charge in [-0.2, -0.15) is 5.10 Å². The summed E-state index contributed by atoms with van der Waals surface area (Å²) < 4.78 is 1.91. The SMILES string of the molecule is Cc1cc(C(=O)NCCN2C[C@H](C)C[C@H](C)C2)nn1C(C)(C)C. The molecule has 0 unspecified atom stereocenters. The predicted octanol–water partition coefficient (Wildman–Crippen LogP) is 2.65. The Kier molecular flexibility index (Phi) is 5.50. The van der Waals surface area contributed by atoms with E-state index in [0.29, 0.717) is 12.2 Å². The molecule has 1 fully saturated rings. The van der Waals surface area contributed by atoms with Crippen LogP contribution >= 0.6 is 0 Å². The van der Waals surface area contributed by atoms with Crippen LogP contribution in [0.2, 0.25) is 0 Å². The number of carbonyl (C=O) groups excluding carboxylic acids is 1. The standard InChI is InChI=1S/C18H32N4O/c1-13-9-14(2)12-21(11-13)8-7-19-17(23)16-10-15(3)22(20-16)18(4,5)6/h10,13-14H,7-9,11-12H2,1-6H3,(H,19,23)/t13-,14+. The topological polar surface area (TPSA) is 50.2 Å². The molecule has 0 saturated carbocycles. The number of hydrogen-bond acceptors (Lipinski definition) is 3. The number of aryl methyl sites for hydroxylation is 1. The fraction of sp³-hybridized carbons (Fsp3) is 0.778. The van der Waals surface area contributed by atoms with Crippen molar-refractivity contribution in [2.45, 2.75) is 53.5 Å². The summed E-state index contributed by atoms with van der Waals surface area (Å²) in [6.45, 7) is 16.8. The third-order valence-electron chi connectivity index (χ3n) is 4.41. The Labute approximate surface area is 140 Å². The van der Waals surface area contributed by atoms with E-state index in [9.17, 15) is 4.79 Å². The lowest BCUT2D eigenvalue weighted by molar-refractivity contribution is 0.0930. The van der Waals surface area contributed by atoms with E-state index in [4.69, 9.17) is 0 Å². The van der Waals surface area contributed by atoms with E-state index in [-0.39, 0.29) is 11.4 Å². The fourth-order valence-corrected chi connectivity index (χ4v) is 3.66. The molecule has 0 bridgehead atoms. The number of carbonyl (C=O) groups is 1. The van der Waals surface area contributed by atoms with Crippen molar-refractivity contribution in [1.82, 2.24) is 20.0 Å². The first kappa shape index (κ1) is 18.0. The van der Waals surface area contributed by atoms with Crippen molar-refractivity contribution in [3.8, 4) is 0 Å². The van der Waals surface area contributed by atoms with Gasteiger partial charge in [-0.3, -0.25) is 9.48 Å². The van der Waals surface area contributed by atoms with Crippen LogP contribution in [0.25, 0.3) is 0 Å². The van der Waals surface area contributed by atoms with Gasteiger partial charge in [-0.15, -0.1) is 0 Å². The fourth-order valence-electron chi connectivity index (χ4n) is 3.66. The molecule has 23 heavy (non-hydrogen) atoms. The molecule has 2 atom stereocenters. The quantitative estimate of drug-likeness (QED) is 0.928. The van der Waals surface area contributed by atoms with Crippen molar-refractivity contribution in [3.63, 3.8) is 0 Å². The van der Waals surface area contributed by atoms with Gasteiger partial charge in [-0.05, 0) is 52.0 Å². The van der Waals surface area contributed by atoms with Crippen LogP contribution in [0.5, 0.6) is 0 Å². The number of likely N-dealkylation sites (tertiary alicyclic amines) is 1. The second-order valence-electron chi connectivity index (χ2n) is 8.22. The molecule has 1 aliphatic heterocycles. The number of hydrogen-bond donors (Lipinski definition) is 1. The van der Waals surface area contributed by atoms with Crippen molar-refractivity contribution in [2.75, 3.05) is 26.2 Å². The lowest BCUT2D eigenvalue weighted by Gasteiger charge is -2.34. The summed E-state index contributed by atoms with van der Waals surface area (Å²) >= 11 is 0. The van der Waals surface area contributed by atoms with Gasteiger partial charge in [0.05, 0.1) is 5.54 Å². The first-order valence-corrected chi connectivity index (χ1v) is 8.74. The molecule has 1 amide bonds. The van der Waals surface area contributed by atoms with Crippen LogP contribution in [0.15, 0.2) is 6.07 Å². The third kappa shape index (κ3) is 4.80. The highest BCUT2D eigenvalue weighted by atomic mass is 16.1. The van der Waals surface area contributed by atoms with Gasteiger partial charge in [-0.1, -0.05) is 13.8 Å². The highest BCUT2D eigenvalue weighted by Crippen LogP contribution is 2.20. The minimum Gasteiger partial charge on any atom is -0.349 e. The van der Waals surface area contributed by atoms with Gasteiger partial charge in [-0.25, -0.2) is 0 Å². The monoisotopic (exact) mass is 320 g/mol. The maximum Gasteiger partial charge on any atom is 0.271 e. The Morgan fingerprint density at radius 3 is 2.43 bits per heavy atom. The van der Waals surface area contributed by atoms with Crippen molar-refractivity contribution in [1.29, 1.82) is 0 Å². The molecular weight excluding hydrogens is 288 g/mol. The van der Waals surface area contributed by atoms with Crippen LogP contribution in [0.4, 0.5) is 0 Å². The Morgan fingerprint density at radius 2 is 1.91 bits per heavy atom. The van der Waals surface area contributed by atoms with Crippen LogP contribution < -0.4 is 5.32 Å². The smallest absolute Gasteiger partial charge is 0.271 e. The minimum atomic E-state index is -0.108. The van der Waals surface area contributed by atoms with E-state index in [0.717, 1.165) is 37.2 Å². The Balaban J connectivity index is 1.86. The number of nitrogens with one attached hydrogen (secondary N) is 1. The zero-order chi connectivity index (χ0) is 17.2. The van der Waals surface area contributed by atoms with Gasteiger partial charge in [0.1, 0.15) is 5.69 Å². The zero-order valence-electron chi connectivity index (χ0n) is 15.5. The summed E-state index contributed by atoms with van der Waals surface area (Å²) in [4.78, 5) is 14.8. The summed E-state index contributed by atoms with van der Waals surface area (Å²) in [7, 11) is 0. The van der Waals surface area contributed by atoms with Crippen LogP contribution in [-0.4, -0.2) is 46.8 Å². The van der Waals surface area contributed by atoms with Crippen molar-refractivity contribution >= 4 is 5.91 Å². The average Bonchev–Trinajstić information content (AvgIpc) is 2.79. The van der Waals surface area contributed by atoms with Gasteiger partial charge in [0, 0.05) is 31.9 Å². The largest absolute Gasteiger partial charge is 0.349 e. The summed E-state index contributed by atoms with van der Waals surface area (Å²) in [5.74, 6) is 1.42. The molecular formula is C18H32N4O. The van der Waals surface area contributed by atoms with Gasteiger partial charge in [0.2, 0.25) is 0 Å². The number of piperidine rings is 1. The van der Waals surface area contributed by atoms with Gasteiger partial charge in [0.15, 0.2) is 0 Å². The molecule has 5 nitrogen and oxygen atoms in total. The van der Waals surface area contributed by atoms with Crippen molar-refractivity contribution in [2.24, 2.45) is 11.8 Å². The summed E-state index contributed by atoms with van der Waals surface area (Å²) in [5, 5.41) is 7.47. The molecule has 0 aliphatic carbocycles. The first-order chi connectivity index (χ1) is 10.7. The van der Waals surface area contributed by atoms with E-state index in [1.165, 1.54) is 6.42 Å². The van der Waals surface area contributed by atoms with E-state index < -0.39 is 0 Å².